The second kappa shape index (κ2) is 14.5. The molecule has 2 aliphatic rings. The van der Waals surface area contributed by atoms with Gasteiger partial charge in [-0.1, -0.05) is 6.08 Å². The number of aromatic nitrogens is 1. The summed E-state index contributed by atoms with van der Waals surface area (Å²) < 4.78 is 20.1. The number of carbonyl (C=O) groups excluding carboxylic acids is 3. The van der Waals surface area contributed by atoms with Gasteiger partial charge in [-0.2, -0.15) is 0 Å². The molecule has 0 saturated carbocycles. The van der Waals surface area contributed by atoms with Crippen LogP contribution >= 0.6 is 11.3 Å². The van der Waals surface area contributed by atoms with Gasteiger partial charge in [-0.25, -0.2) is 9.37 Å². The van der Waals surface area contributed by atoms with Crippen LogP contribution in [0.2, 0.25) is 0 Å². The fraction of sp³-hybridized carbons (Fsp3) is 0.452. The number of halogens is 1. The highest BCUT2D eigenvalue weighted by atomic mass is 32.1. The summed E-state index contributed by atoms with van der Waals surface area (Å²) in [5.74, 6) is -0.120. The number of aliphatic imine (C=N–C) groups is 1. The molecule has 2 amide bonds. The number of aryl methyl sites for hydroxylation is 1. The molecule has 0 radical (unpaired) electrons. The third-order valence-electron chi connectivity index (χ3n) is 7.76. The minimum absolute atomic E-state index is 0.0580. The average Bonchev–Trinajstić information content (AvgIpc) is 3.42. The van der Waals surface area contributed by atoms with Crippen LogP contribution in [-0.2, 0) is 16.1 Å². The van der Waals surface area contributed by atoms with Crippen molar-refractivity contribution in [2.24, 2.45) is 10.9 Å². The van der Waals surface area contributed by atoms with Gasteiger partial charge in [0.1, 0.15) is 17.6 Å². The first kappa shape index (κ1) is 31.2. The van der Waals surface area contributed by atoms with Crippen LogP contribution < -0.4 is 10.1 Å². The van der Waals surface area contributed by atoms with Gasteiger partial charge in [0, 0.05) is 55.2 Å². The van der Waals surface area contributed by atoms with Crippen molar-refractivity contribution in [2.75, 3.05) is 33.3 Å². The molecule has 1 aromatic heterocycles. The van der Waals surface area contributed by atoms with E-state index in [0.717, 1.165) is 10.7 Å². The van der Waals surface area contributed by atoms with E-state index in [0.29, 0.717) is 62.3 Å². The smallest absolute Gasteiger partial charge is 0.272 e. The molecule has 1 N–H and O–H groups in total. The quantitative estimate of drug-likeness (QED) is 0.192. The first-order valence-corrected chi connectivity index (χ1v) is 15.0. The predicted molar refractivity (Wildman–Crippen MR) is 162 cm³/mol. The number of hydrogen-bond acceptors (Lipinski definition) is 8. The maximum atomic E-state index is 14.9. The number of rotatable bonds is 10. The number of benzene rings is 1. The number of ketones is 1. The molecule has 2 fully saturated rings. The molecule has 1 aromatic carbocycles. The van der Waals surface area contributed by atoms with E-state index in [1.54, 1.807) is 54.5 Å². The summed E-state index contributed by atoms with van der Waals surface area (Å²) in [4.78, 5) is 50.8. The Kier molecular flexibility index (Phi) is 10.8. The highest BCUT2D eigenvalue weighted by Gasteiger charge is 2.31. The second-order valence-corrected chi connectivity index (χ2v) is 11.8. The molecule has 0 spiro atoms. The van der Waals surface area contributed by atoms with Crippen LogP contribution in [0, 0.1) is 12.8 Å². The summed E-state index contributed by atoms with van der Waals surface area (Å²) in [7, 11) is 1.58. The Morgan fingerprint density at radius 3 is 2.48 bits per heavy atom. The van der Waals surface area contributed by atoms with Gasteiger partial charge in [-0.3, -0.25) is 24.3 Å². The molecule has 2 aliphatic heterocycles. The number of allylic oxidation sites excluding steroid dienone is 2. The molecular weight excluding hydrogens is 557 g/mol. The van der Waals surface area contributed by atoms with E-state index in [1.165, 1.54) is 12.2 Å². The third kappa shape index (κ3) is 7.98. The monoisotopic (exact) mass is 595 g/mol. The standard InChI is InChI=1S/C31H38FN5O4S/c1-20(30(39)35-27-13-14-36(18-26(27)32)17-24-19-42-21(2)34-24)5-10-28(33-3)31(40)37-15-11-23(12-16-37)29(38)22-6-8-25(41-4)9-7-22/h5-10,19,23,26-27H,3,11-18H2,1-2,4H3,(H,35,39)/b20-5+,28-10-/t26-,27?/m0/s1. The van der Waals surface area contributed by atoms with Crippen molar-refractivity contribution in [3.05, 3.63) is 69.3 Å². The van der Waals surface area contributed by atoms with Crippen molar-refractivity contribution in [3.63, 3.8) is 0 Å². The Bertz CT molecular complexity index is 1350. The van der Waals surface area contributed by atoms with Crippen molar-refractivity contribution in [1.29, 1.82) is 0 Å². The molecule has 0 aliphatic carbocycles. The van der Waals surface area contributed by atoms with Crippen LogP contribution in [-0.4, -0.2) is 84.6 Å². The van der Waals surface area contributed by atoms with Gasteiger partial charge in [0.25, 0.3) is 5.91 Å². The lowest BCUT2D eigenvalue weighted by Crippen LogP contribution is -2.52. The highest BCUT2D eigenvalue weighted by Crippen LogP contribution is 2.24. The molecule has 1 unspecified atom stereocenters. The maximum absolute atomic E-state index is 14.9. The Labute approximate surface area is 250 Å². The zero-order chi connectivity index (χ0) is 30.2. The number of piperidine rings is 2. The highest BCUT2D eigenvalue weighted by molar-refractivity contribution is 7.09. The zero-order valence-electron chi connectivity index (χ0n) is 24.3. The predicted octanol–water partition coefficient (Wildman–Crippen LogP) is 4.14. The molecule has 42 heavy (non-hydrogen) atoms. The van der Waals surface area contributed by atoms with Gasteiger partial charge in [-0.15, -0.1) is 11.3 Å². The van der Waals surface area contributed by atoms with Gasteiger partial charge in [0.15, 0.2) is 5.78 Å². The largest absolute Gasteiger partial charge is 0.497 e. The summed E-state index contributed by atoms with van der Waals surface area (Å²) >= 11 is 1.58. The Morgan fingerprint density at radius 1 is 1.17 bits per heavy atom. The molecule has 0 bridgehead atoms. The van der Waals surface area contributed by atoms with Crippen LogP contribution in [0.25, 0.3) is 0 Å². The number of alkyl halides is 1. The number of Topliss-reactive ketones (excluding diaryl/α,β-unsaturated/α-hetero) is 1. The van der Waals surface area contributed by atoms with Crippen molar-refractivity contribution >= 4 is 35.7 Å². The number of amides is 2. The normalized spacial score (nSPS) is 20.7. The molecule has 9 nitrogen and oxygen atoms in total. The molecule has 2 atom stereocenters. The van der Waals surface area contributed by atoms with Gasteiger partial charge in [-0.05, 0) is 70.2 Å². The summed E-state index contributed by atoms with van der Waals surface area (Å²) in [6, 6.07) is 6.46. The summed E-state index contributed by atoms with van der Waals surface area (Å²) in [6.45, 7) is 9.39. The average molecular weight is 596 g/mol. The number of nitrogens with one attached hydrogen (secondary N) is 1. The number of likely N-dealkylation sites (tertiary alicyclic amines) is 2. The van der Waals surface area contributed by atoms with Crippen molar-refractivity contribution in [1.82, 2.24) is 20.1 Å². The molecule has 2 aromatic rings. The van der Waals surface area contributed by atoms with Crippen molar-refractivity contribution in [3.8, 4) is 5.75 Å². The lowest BCUT2D eigenvalue weighted by Gasteiger charge is -2.34. The SMILES string of the molecule is C=N/C(=C\C=C(/C)C(=O)NC1CCN(Cc2csc(C)n2)C[C@@H]1F)C(=O)N1CCC(C(=O)c2ccc(OC)cc2)CC1. The molecule has 4 rings (SSSR count). The Hall–Kier alpha value is -3.70. The van der Waals surface area contributed by atoms with E-state index in [1.807, 2.05) is 17.2 Å². The number of carbonyl (C=O) groups is 3. The molecule has 3 heterocycles. The second-order valence-electron chi connectivity index (χ2n) is 10.7. The Morgan fingerprint density at radius 2 is 1.88 bits per heavy atom. The van der Waals surface area contributed by atoms with Gasteiger partial charge in [0.2, 0.25) is 5.91 Å². The van der Waals surface area contributed by atoms with E-state index < -0.39 is 18.1 Å². The Balaban J connectivity index is 1.26. The summed E-state index contributed by atoms with van der Waals surface area (Å²) in [5.41, 5.74) is 2.00. The fourth-order valence-electron chi connectivity index (χ4n) is 5.24. The van der Waals surface area contributed by atoms with Crippen LogP contribution in [0.4, 0.5) is 4.39 Å². The van der Waals surface area contributed by atoms with Crippen molar-refractivity contribution in [2.45, 2.75) is 51.9 Å². The number of nitrogens with zero attached hydrogens (tertiary/aromatic N) is 4. The molecule has 11 heteroatoms. The molecular formula is C31H38FN5O4S. The zero-order valence-corrected chi connectivity index (χ0v) is 25.2. The summed E-state index contributed by atoms with van der Waals surface area (Å²) in [5, 5.41) is 5.77. The van der Waals surface area contributed by atoms with E-state index >= 15 is 0 Å². The number of thiazole rings is 1. The van der Waals surface area contributed by atoms with Crippen LogP contribution in [0.15, 0.2) is 58.1 Å². The first-order valence-electron chi connectivity index (χ1n) is 14.1. The number of hydrogen-bond donors (Lipinski definition) is 1. The molecule has 2 saturated heterocycles. The lowest BCUT2D eigenvalue weighted by atomic mass is 9.88. The van der Waals surface area contributed by atoms with E-state index in [-0.39, 0.29) is 29.9 Å². The summed E-state index contributed by atoms with van der Waals surface area (Å²) in [6.07, 6.45) is 3.36. The minimum atomic E-state index is -1.20. The first-order chi connectivity index (χ1) is 20.2. The van der Waals surface area contributed by atoms with Gasteiger partial charge < -0.3 is 15.0 Å². The van der Waals surface area contributed by atoms with Gasteiger partial charge in [0.05, 0.1) is 23.9 Å². The maximum Gasteiger partial charge on any atom is 0.272 e. The van der Waals surface area contributed by atoms with Crippen LogP contribution in [0.3, 0.4) is 0 Å². The number of methoxy groups -OCH3 is 1. The number of ether oxygens (including phenoxy) is 1. The van der Waals surface area contributed by atoms with Crippen molar-refractivity contribution < 1.29 is 23.5 Å². The van der Waals surface area contributed by atoms with Gasteiger partial charge >= 0.3 is 0 Å². The molecule has 224 valence electrons. The lowest BCUT2D eigenvalue weighted by molar-refractivity contribution is -0.128. The van der Waals surface area contributed by atoms with E-state index in [4.69, 9.17) is 4.74 Å². The van der Waals surface area contributed by atoms with E-state index in [2.05, 4.69) is 22.0 Å². The van der Waals surface area contributed by atoms with Crippen LogP contribution in [0.5, 0.6) is 5.75 Å². The third-order valence-corrected chi connectivity index (χ3v) is 8.58. The minimum Gasteiger partial charge on any atom is -0.497 e. The topological polar surface area (TPSA) is 104 Å². The van der Waals surface area contributed by atoms with E-state index in [9.17, 15) is 18.8 Å². The van der Waals surface area contributed by atoms with Crippen LogP contribution in [0.1, 0.15) is 47.2 Å². The fourth-order valence-corrected chi connectivity index (χ4v) is 5.84.